The Bertz CT molecular complexity index is 469. The van der Waals surface area contributed by atoms with Crippen LogP contribution in [0.3, 0.4) is 0 Å². The molecule has 1 aromatic rings. The van der Waals surface area contributed by atoms with Gasteiger partial charge in [0.2, 0.25) is 0 Å². The quantitative estimate of drug-likeness (QED) is 0.646. The summed E-state index contributed by atoms with van der Waals surface area (Å²) >= 11 is 0. The van der Waals surface area contributed by atoms with Crippen LogP contribution in [0.2, 0.25) is 0 Å². The van der Waals surface area contributed by atoms with E-state index in [1.54, 1.807) is 0 Å². The number of nitrogens with two attached hydrogens (primary N) is 1. The van der Waals surface area contributed by atoms with Gasteiger partial charge in [0, 0.05) is 12.6 Å². The number of aromatic nitrogens is 1. The maximum atomic E-state index is 12.9. The van der Waals surface area contributed by atoms with Gasteiger partial charge in [-0.2, -0.15) is 13.2 Å². The van der Waals surface area contributed by atoms with Crippen molar-refractivity contribution in [2.24, 2.45) is 11.8 Å². The second-order valence-electron chi connectivity index (χ2n) is 5.43. The molecule has 4 nitrogen and oxygen atoms in total. The SMILES string of the molecule is CC(C)N(CC1CC1)c1cc(C(F)(F)F)cc(NN)n1. The maximum absolute atomic E-state index is 12.9. The third kappa shape index (κ3) is 3.53. The van der Waals surface area contributed by atoms with Crippen molar-refractivity contribution in [3.05, 3.63) is 17.7 Å². The average Bonchev–Trinajstić information content (AvgIpc) is 3.17. The highest BCUT2D eigenvalue weighted by Crippen LogP contribution is 2.35. The van der Waals surface area contributed by atoms with Crippen LogP contribution in [-0.2, 0) is 6.18 Å². The van der Waals surface area contributed by atoms with E-state index in [1.165, 1.54) is 0 Å². The molecule has 7 heteroatoms. The van der Waals surface area contributed by atoms with Gasteiger partial charge in [-0.3, -0.25) is 0 Å². The summed E-state index contributed by atoms with van der Waals surface area (Å²) in [7, 11) is 0. The zero-order valence-electron chi connectivity index (χ0n) is 11.5. The summed E-state index contributed by atoms with van der Waals surface area (Å²) in [6.45, 7) is 4.62. The number of anilines is 2. The molecule has 1 fully saturated rings. The number of hydrogen-bond donors (Lipinski definition) is 2. The molecular weight excluding hydrogens is 269 g/mol. The van der Waals surface area contributed by atoms with Gasteiger partial charge >= 0.3 is 6.18 Å². The molecule has 0 amide bonds. The summed E-state index contributed by atoms with van der Waals surface area (Å²) in [6.07, 6.45) is -2.15. The summed E-state index contributed by atoms with van der Waals surface area (Å²) < 4.78 is 38.7. The number of nitrogen functional groups attached to an aromatic ring is 1. The predicted octanol–water partition coefficient (Wildman–Crippen LogP) is 3.01. The Kier molecular flexibility index (Phi) is 4.08. The summed E-state index contributed by atoms with van der Waals surface area (Å²) in [5.41, 5.74) is 1.47. The van der Waals surface area contributed by atoms with Crippen molar-refractivity contribution in [2.75, 3.05) is 16.9 Å². The van der Waals surface area contributed by atoms with Crippen LogP contribution >= 0.6 is 0 Å². The van der Waals surface area contributed by atoms with Gasteiger partial charge in [-0.25, -0.2) is 10.8 Å². The lowest BCUT2D eigenvalue weighted by atomic mass is 10.2. The highest BCUT2D eigenvalue weighted by molar-refractivity contribution is 5.51. The third-order valence-corrected chi connectivity index (χ3v) is 3.36. The van der Waals surface area contributed by atoms with Crippen molar-refractivity contribution in [2.45, 2.75) is 38.9 Å². The molecule has 1 aliphatic carbocycles. The molecule has 0 bridgehead atoms. The smallest absolute Gasteiger partial charge is 0.354 e. The second-order valence-corrected chi connectivity index (χ2v) is 5.43. The predicted molar refractivity (Wildman–Crippen MR) is 72.3 cm³/mol. The number of hydrazine groups is 1. The van der Waals surface area contributed by atoms with E-state index >= 15 is 0 Å². The molecule has 0 aromatic carbocycles. The molecule has 1 aromatic heterocycles. The van der Waals surface area contributed by atoms with E-state index in [4.69, 9.17) is 5.84 Å². The monoisotopic (exact) mass is 288 g/mol. The first kappa shape index (κ1) is 14.9. The van der Waals surface area contributed by atoms with Crippen LogP contribution in [-0.4, -0.2) is 17.6 Å². The van der Waals surface area contributed by atoms with Gasteiger partial charge in [-0.05, 0) is 44.7 Å². The standard InChI is InChI=1S/C13H19F3N4/c1-8(2)20(7-9-3-4-9)12-6-10(13(14,15)16)5-11(18-12)19-17/h5-6,8-9H,3-4,7,17H2,1-2H3,(H,18,19). The highest BCUT2D eigenvalue weighted by Gasteiger charge is 2.33. The van der Waals surface area contributed by atoms with Gasteiger partial charge in [0.15, 0.2) is 0 Å². The van der Waals surface area contributed by atoms with Gasteiger partial charge in [0.05, 0.1) is 5.56 Å². The molecule has 0 spiro atoms. The first-order valence-corrected chi connectivity index (χ1v) is 6.64. The molecule has 0 unspecified atom stereocenters. The van der Waals surface area contributed by atoms with Gasteiger partial charge in [-0.15, -0.1) is 0 Å². The molecule has 3 N–H and O–H groups in total. The Hall–Kier alpha value is -1.50. The van der Waals surface area contributed by atoms with E-state index in [2.05, 4.69) is 10.4 Å². The Morgan fingerprint density at radius 2 is 2.05 bits per heavy atom. The number of hydrogen-bond acceptors (Lipinski definition) is 4. The minimum atomic E-state index is -4.41. The van der Waals surface area contributed by atoms with Crippen molar-refractivity contribution in [1.29, 1.82) is 0 Å². The van der Waals surface area contributed by atoms with E-state index in [-0.39, 0.29) is 11.9 Å². The molecule has 0 aliphatic heterocycles. The molecule has 0 radical (unpaired) electrons. The lowest BCUT2D eigenvalue weighted by Gasteiger charge is -2.29. The van der Waals surface area contributed by atoms with Crippen LogP contribution in [0.4, 0.5) is 24.8 Å². The summed E-state index contributed by atoms with van der Waals surface area (Å²) in [6, 6.07) is 2.08. The zero-order valence-corrected chi connectivity index (χ0v) is 11.5. The minimum Gasteiger partial charge on any atom is -0.354 e. The normalized spacial score (nSPS) is 15.6. The van der Waals surface area contributed by atoms with Gasteiger partial charge < -0.3 is 10.3 Å². The van der Waals surface area contributed by atoms with Gasteiger partial charge in [-0.1, -0.05) is 0 Å². The van der Waals surface area contributed by atoms with Crippen molar-refractivity contribution >= 4 is 11.6 Å². The zero-order chi connectivity index (χ0) is 14.9. The molecule has 2 rings (SSSR count). The van der Waals surface area contributed by atoms with E-state index in [0.29, 0.717) is 11.7 Å². The van der Waals surface area contributed by atoms with E-state index in [1.807, 2.05) is 18.7 Å². The lowest BCUT2D eigenvalue weighted by molar-refractivity contribution is -0.137. The summed E-state index contributed by atoms with van der Waals surface area (Å²) in [4.78, 5) is 6.05. The van der Waals surface area contributed by atoms with Gasteiger partial charge in [0.1, 0.15) is 11.6 Å². The van der Waals surface area contributed by atoms with Crippen LogP contribution in [0.25, 0.3) is 0 Å². The van der Waals surface area contributed by atoms with Crippen LogP contribution in [0, 0.1) is 5.92 Å². The second kappa shape index (κ2) is 5.47. The number of alkyl halides is 3. The Balaban J connectivity index is 2.36. The average molecular weight is 288 g/mol. The number of nitrogens with zero attached hydrogens (tertiary/aromatic N) is 2. The summed E-state index contributed by atoms with van der Waals surface area (Å²) in [5.74, 6) is 6.12. The number of nitrogens with one attached hydrogen (secondary N) is 1. The Labute approximate surface area is 116 Å². The lowest BCUT2D eigenvalue weighted by Crippen LogP contribution is -2.34. The molecule has 112 valence electrons. The van der Waals surface area contributed by atoms with Crippen LogP contribution in [0.15, 0.2) is 12.1 Å². The van der Waals surface area contributed by atoms with E-state index < -0.39 is 11.7 Å². The molecule has 20 heavy (non-hydrogen) atoms. The Morgan fingerprint density at radius 3 is 2.50 bits per heavy atom. The topological polar surface area (TPSA) is 54.2 Å². The van der Waals surface area contributed by atoms with Crippen molar-refractivity contribution < 1.29 is 13.2 Å². The summed E-state index contributed by atoms with van der Waals surface area (Å²) in [5, 5.41) is 0. The van der Waals surface area contributed by atoms with Crippen molar-refractivity contribution in [3.8, 4) is 0 Å². The fourth-order valence-corrected chi connectivity index (χ4v) is 2.05. The van der Waals surface area contributed by atoms with Crippen LogP contribution < -0.4 is 16.2 Å². The van der Waals surface area contributed by atoms with E-state index in [0.717, 1.165) is 31.5 Å². The van der Waals surface area contributed by atoms with Crippen LogP contribution in [0.5, 0.6) is 0 Å². The first-order chi connectivity index (χ1) is 9.31. The van der Waals surface area contributed by atoms with Crippen molar-refractivity contribution in [3.63, 3.8) is 0 Å². The van der Waals surface area contributed by atoms with E-state index in [9.17, 15) is 13.2 Å². The number of pyridine rings is 1. The molecule has 0 atom stereocenters. The highest BCUT2D eigenvalue weighted by atomic mass is 19.4. The fraction of sp³-hybridized carbons (Fsp3) is 0.615. The third-order valence-electron chi connectivity index (χ3n) is 3.36. The molecular formula is C13H19F3N4. The maximum Gasteiger partial charge on any atom is 0.416 e. The first-order valence-electron chi connectivity index (χ1n) is 6.64. The minimum absolute atomic E-state index is 0.0243. The molecule has 1 aliphatic rings. The molecule has 1 saturated carbocycles. The fourth-order valence-electron chi connectivity index (χ4n) is 2.05. The Morgan fingerprint density at radius 1 is 1.40 bits per heavy atom. The van der Waals surface area contributed by atoms with Crippen LogP contribution in [0.1, 0.15) is 32.3 Å². The molecule has 1 heterocycles. The molecule has 0 saturated heterocycles. The number of rotatable bonds is 5. The van der Waals surface area contributed by atoms with Gasteiger partial charge in [0.25, 0.3) is 0 Å². The largest absolute Gasteiger partial charge is 0.416 e. The van der Waals surface area contributed by atoms with Crippen molar-refractivity contribution in [1.82, 2.24) is 4.98 Å². The number of halogens is 3.